The molecule has 2 aromatic carbocycles. The summed E-state index contributed by atoms with van der Waals surface area (Å²) in [5, 5.41) is 3.86. The van der Waals surface area contributed by atoms with Crippen molar-refractivity contribution in [3.8, 4) is 22.9 Å². The van der Waals surface area contributed by atoms with E-state index in [1.165, 1.54) is 0 Å². The highest BCUT2D eigenvalue weighted by molar-refractivity contribution is 6.30. The molecule has 3 rings (SSSR count). The van der Waals surface area contributed by atoms with Crippen LogP contribution in [0.25, 0.3) is 11.3 Å². The molecule has 0 aliphatic rings. The molecule has 1 aromatic heterocycles. The molecule has 0 atom stereocenters. The smallest absolute Gasteiger partial charge is 0.214 e. The third kappa shape index (κ3) is 4.03. The average molecular weight is 355 g/mol. The number of pyridine rings is 1. The van der Waals surface area contributed by atoms with Gasteiger partial charge in [0.25, 0.3) is 0 Å². The van der Waals surface area contributed by atoms with Crippen molar-refractivity contribution >= 4 is 17.3 Å². The molecule has 1 N–H and O–H groups in total. The van der Waals surface area contributed by atoms with Gasteiger partial charge in [-0.05, 0) is 30.3 Å². The monoisotopic (exact) mass is 354 g/mol. The molecule has 0 bridgehead atoms. The lowest BCUT2D eigenvalue weighted by molar-refractivity contribution is 0.286. The molecular weight excluding hydrogens is 336 g/mol. The number of hydrogen-bond acceptors (Lipinski definition) is 4. The molecule has 0 aliphatic heterocycles. The highest BCUT2D eigenvalue weighted by Gasteiger charge is 2.10. The van der Waals surface area contributed by atoms with Crippen molar-refractivity contribution in [1.29, 1.82) is 0 Å². The van der Waals surface area contributed by atoms with E-state index in [2.05, 4.69) is 10.3 Å². The van der Waals surface area contributed by atoms with E-state index in [9.17, 15) is 0 Å². The Kier molecular flexibility index (Phi) is 5.41. The third-order valence-corrected chi connectivity index (χ3v) is 4.10. The van der Waals surface area contributed by atoms with Gasteiger partial charge in [0.05, 0.1) is 18.4 Å². The van der Waals surface area contributed by atoms with Crippen LogP contribution in [0.3, 0.4) is 0 Å². The van der Waals surface area contributed by atoms with E-state index in [4.69, 9.17) is 21.1 Å². The first-order valence-corrected chi connectivity index (χ1v) is 8.28. The topological polar surface area (TPSA) is 43.4 Å². The largest absolute Gasteiger partial charge is 0.496 e. The molecule has 0 aliphatic carbocycles. The molecule has 3 aromatic rings. The second-order valence-corrected chi connectivity index (χ2v) is 5.83. The Hall–Kier alpha value is -2.72. The predicted octanol–water partition coefficient (Wildman–Crippen LogP) is 5.03. The number of ether oxygens (including phenoxy) is 2. The second-order valence-electron chi connectivity index (χ2n) is 5.39. The molecule has 0 fully saturated rings. The number of methoxy groups -OCH3 is 1. The minimum atomic E-state index is 0.358. The normalized spacial score (nSPS) is 10.4. The fraction of sp³-hybridized carbons (Fsp3) is 0.150. The summed E-state index contributed by atoms with van der Waals surface area (Å²) in [5.74, 6) is 1.33. The van der Waals surface area contributed by atoms with Gasteiger partial charge in [-0.2, -0.15) is 0 Å². The summed E-state index contributed by atoms with van der Waals surface area (Å²) < 4.78 is 11.3. The summed E-state index contributed by atoms with van der Waals surface area (Å²) in [6.07, 6.45) is 0. The van der Waals surface area contributed by atoms with Gasteiger partial charge < -0.3 is 14.8 Å². The van der Waals surface area contributed by atoms with E-state index in [0.717, 1.165) is 28.3 Å². The van der Waals surface area contributed by atoms with Gasteiger partial charge in [0.1, 0.15) is 12.4 Å². The first-order chi connectivity index (χ1) is 12.2. The van der Waals surface area contributed by atoms with Crippen LogP contribution < -0.4 is 14.8 Å². The van der Waals surface area contributed by atoms with Crippen LogP contribution in [0.15, 0.2) is 60.7 Å². The number of anilines is 1. The molecule has 1 heterocycles. The van der Waals surface area contributed by atoms with Crippen LogP contribution >= 0.6 is 11.6 Å². The Morgan fingerprint density at radius 2 is 1.76 bits per heavy atom. The van der Waals surface area contributed by atoms with Crippen molar-refractivity contribution in [1.82, 2.24) is 4.98 Å². The third-order valence-electron chi connectivity index (χ3n) is 3.85. The summed E-state index contributed by atoms with van der Waals surface area (Å²) >= 11 is 5.94. The fourth-order valence-corrected chi connectivity index (χ4v) is 2.69. The number of halogens is 1. The zero-order valence-corrected chi connectivity index (χ0v) is 14.9. The number of nitrogens with zero attached hydrogens (tertiary/aromatic N) is 1. The summed E-state index contributed by atoms with van der Waals surface area (Å²) in [5.41, 5.74) is 3.74. The fourth-order valence-electron chi connectivity index (χ4n) is 2.56. The van der Waals surface area contributed by atoms with Crippen LogP contribution in [0.2, 0.25) is 5.02 Å². The Balaban J connectivity index is 1.81. The van der Waals surface area contributed by atoms with E-state index in [1.54, 1.807) is 7.11 Å². The molecule has 0 amide bonds. The quantitative estimate of drug-likeness (QED) is 0.674. The maximum atomic E-state index is 5.94. The van der Waals surface area contributed by atoms with Gasteiger partial charge in [0.2, 0.25) is 5.88 Å². The van der Waals surface area contributed by atoms with Crippen molar-refractivity contribution in [2.24, 2.45) is 0 Å². The van der Waals surface area contributed by atoms with Crippen LogP contribution in [0.5, 0.6) is 11.6 Å². The highest BCUT2D eigenvalue weighted by atomic mass is 35.5. The molecule has 128 valence electrons. The number of aromatic nitrogens is 1. The second kappa shape index (κ2) is 7.90. The minimum Gasteiger partial charge on any atom is -0.496 e. The predicted molar refractivity (Wildman–Crippen MR) is 102 cm³/mol. The Morgan fingerprint density at radius 1 is 1.00 bits per heavy atom. The molecule has 0 saturated carbocycles. The molecule has 25 heavy (non-hydrogen) atoms. The summed E-state index contributed by atoms with van der Waals surface area (Å²) in [7, 11) is 3.52. The number of benzene rings is 2. The Bertz CT molecular complexity index is 828. The first kappa shape index (κ1) is 17.1. The SMILES string of the molecule is CNc1cccc(OC)c1COc1cccc(-c2ccc(Cl)cc2)n1. The van der Waals surface area contributed by atoms with Crippen molar-refractivity contribution in [3.05, 3.63) is 71.2 Å². The molecule has 0 radical (unpaired) electrons. The van der Waals surface area contributed by atoms with Gasteiger partial charge in [0.15, 0.2) is 0 Å². The van der Waals surface area contributed by atoms with E-state index in [1.807, 2.05) is 67.7 Å². The average Bonchev–Trinajstić information content (AvgIpc) is 2.66. The van der Waals surface area contributed by atoms with Crippen LogP contribution in [0, 0.1) is 0 Å². The van der Waals surface area contributed by atoms with E-state index in [0.29, 0.717) is 17.5 Å². The number of rotatable bonds is 6. The molecule has 0 spiro atoms. The van der Waals surface area contributed by atoms with E-state index in [-0.39, 0.29) is 0 Å². The van der Waals surface area contributed by atoms with Crippen molar-refractivity contribution in [2.45, 2.75) is 6.61 Å². The number of nitrogens with one attached hydrogen (secondary N) is 1. The van der Waals surface area contributed by atoms with Crippen LogP contribution in [0.1, 0.15) is 5.56 Å². The van der Waals surface area contributed by atoms with Gasteiger partial charge in [-0.3, -0.25) is 0 Å². The molecular formula is C20H19ClN2O2. The number of hydrogen-bond donors (Lipinski definition) is 1. The van der Waals surface area contributed by atoms with Gasteiger partial charge in [-0.25, -0.2) is 4.98 Å². The minimum absolute atomic E-state index is 0.358. The molecule has 0 unspecified atom stereocenters. The molecule has 0 saturated heterocycles. The van der Waals surface area contributed by atoms with Crippen LogP contribution in [0.4, 0.5) is 5.69 Å². The van der Waals surface area contributed by atoms with Gasteiger partial charge in [0, 0.05) is 29.4 Å². The zero-order chi connectivity index (χ0) is 17.6. The maximum absolute atomic E-state index is 5.94. The first-order valence-electron chi connectivity index (χ1n) is 7.90. The van der Waals surface area contributed by atoms with Crippen molar-refractivity contribution < 1.29 is 9.47 Å². The van der Waals surface area contributed by atoms with Crippen molar-refractivity contribution in [3.63, 3.8) is 0 Å². The van der Waals surface area contributed by atoms with Crippen LogP contribution in [-0.4, -0.2) is 19.1 Å². The standard InChI is InChI=1S/C20H19ClN2O2/c1-22-18-6-3-7-19(24-2)16(18)13-25-20-8-4-5-17(23-20)14-9-11-15(21)12-10-14/h3-12,22H,13H2,1-2H3. The lowest BCUT2D eigenvalue weighted by Gasteiger charge is -2.14. The summed E-state index contributed by atoms with van der Waals surface area (Å²) in [6.45, 7) is 0.358. The highest BCUT2D eigenvalue weighted by Crippen LogP contribution is 2.28. The van der Waals surface area contributed by atoms with Crippen molar-refractivity contribution in [2.75, 3.05) is 19.5 Å². The van der Waals surface area contributed by atoms with E-state index < -0.39 is 0 Å². The summed E-state index contributed by atoms with van der Waals surface area (Å²) in [6, 6.07) is 19.1. The Morgan fingerprint density at radius 3 is 2.48 bits per heavy atom. The van der Waals surface area contributed by atoms with Gasteiger partial charge in [-0.1, -0.05) is 35.9 Å². The lowest BCUT2D eigenvalue weighted by Crippen LogP contribution is -2.04. The molecule has 4 nitrogen and oxygen atoms in total. The lowest BCUT2D eigenvalue weighted by atomic mass is 10.1. The maximum Gasteiger partial charge on any atom is 0.214 e. The van der Waals surface area contributed by atoms with Gasteiger partial charge >= 0.3 is 0 Å². The summed E-state index contributed by atoms with van der Waals surface area (Å²) in [4.78, 5) is 4.57. The zero-order valence-electron chi connectivity index (χ0n) is 14.1. The van der Waals surface area contributed by atoms with Crippen LogP contribution in [-0.2, 0) is 6.61 Å². The van der Waals surface area contributed by atoms with E-state index >= 15 is 0 Å². The molecule has 5 heteroatoms. The Labute approximate surface area is 152 Å². The van der Waals surface area contributed by atoms with Gasteiger partial charge in [-0.15, -0.1) is 0 Å².